The van der Waals surface area contributed by atoms with Gasteiger partial charge in [-0.25, -0.2) is 4.99 Å². The van der Waals surface area contributed by atoms with E-state index >= 15 is 0 Å². The Bertz CT molecular complexity index is 1060. The molecule has 1 atom stereocenters. The van der Waals surface area contributed by atoms with Gasteiger partial charge in [-0.2, -0.15) is 0 Å². The van der Waals surface area contributed by atoms with Crippen LogP contribution >= 0.6 is 0 Å². The van der Waals surface area contributed by atoms with Gasteiger partial charge in [-0.1, -0.05) is 25.1 Å². The smallest absolute Gasteiger partial charge is 0.239 e. The van der Waals surface area contributed by atoms with E-state index in [0.717, 1.165) is 35.7 Å². The molecule has 8 heteroatoms. The number of rotatable bonds is 6. The molecule has 1 N–H and O–H groups in total. The third kappa shape index (κ3) is 5.23. The van der Waals surface area contributed by atoms with E-state index in [4.69, 9.17) is 24.2 Å². The molecule has 1 amide bonds. The van der Waals surface area contributed by atoms with E-state index in [9.17, 15) is 4.79 Å². The van der Waals surface area contributed by atoms with Crippen LogP contribution in [0.2, 0.25) is 0 Å². The van der Waals surface area contributed by atoms with Crippen molar-refractivity contribution in [2.24, 2.45) is 9.98 Å². The molecule has 2 aromatic carbocycles. The minimum atomic E-state index is -0.323. The van der Waals surface area contributed by atoms with Gasteiger partial charge >= 0.3 is 0 Å². The number of fused-ring (bicyclic) bond motifs is 1. The predicted octanol–water partition coefficient (Wildman–Crippen LogP) is 3.46. The number of morpholine rings is 1. The number of amides is 1. The number of hydrogen-bond acceptors (Lipinski definition) is 7. The van der Waals surface area contributed by atoms with Crippen molar-refractivity contribution in [3.63, 3.8) is 0 Å². The van der Waals surface area contributed by atoms with Gasteiger partial charge in [-0.05, 0) is 36.2 Å². The number of benzene rings is 2. The number of nitrogens with zero attached hydrogens (tertiary/aromatic N) is 3. The highest BCUT2D eigenvalue weighted by molar-refractivity contribution is 6.18. The lowest BCUT2D eigenvalue weighted by molar-refractivity contribution is -0.121. The lowest BCUT2D eigenvalue weighted by Crippen LogP contribution is -2.46. The molecular weight excluding hydrogens is 420 g/mol. The normalized spacial score (nSPS) is 18.5. The Morgan fingerprint density at radius 2 is 1.76 bits per heavy atom. The number of carbonyl (C=O) groups is 1. The van der Waals surface area contributed by atoms with Gasteiger partial charge in [-0.15, -0.1) is 0 Å². The summed E-state index contributed by atoms with van der Waals surface area (Å²) in [6.45, 7) is 5.12. The second kappa shape index (κ2) is 10.6. The molecule has 2 aliphatic rings. The minimum absolute atomic E-state index is 0.101. The third-order valence-electron chi connectivity index (χ3n) is 5.83. The Balaban J connectivity index is 1.73. The van der Waals surface area contributed by atoms with Crippen molar-refractivity contribution in [3.8, 4) is 11.5 Å². The van der Waals surface area contributed by atoms with Crippen LogP contribution in [0.1, 0.15) is 24.8 Å². The van der Waals surface area contributed by atoms with Gasteiger partial charge < -0.3 is 19.5 Å². The molecule has 0 unspecified atom stereocenters. The molecule has 0 aliphatic carbocycles. The monoisotopic (exact) mass is 450 g/mol. The molecule has 0 aromatic heterocycles. The largest absolute Gasteiger partial charge is 0.493 e. The van der Waals surface area contributed by atoms with E-state index in [1.165, 1.54) is 0 Å². The summed E-state index contributed by atoms with van der Waals surface area (Å²) in [7, 11) is 3.22. The van der Waals surface area contributed by atoms with Crippen molar-refractivity contribution >= 4 is 28.8 Å². The van der Waals surface area contributed by atoms with Gasteiger partial charge in [0.25, 0.3) is 0 Å². The highest BCUT2D eigenvalue weighted by atomic mass is 16.5. The van der Waals surface area contributed by atoms with E-state index in [0.29, 0.717) is 43.5 Å². The van der Waals surface area contributed by atoms with Crippen LogP contribution in [0, 0.1) is 0 Å². The number of nitrogens with one attached hydrogen (secondary N) is 1. The third-order valence-corrected chi connectivity index (χ3v) is 5.83. The Hall–Kier alpha value is -3.23. The SMILES string of the molecule is CCC1=Nc2ccccc2N=C(NC(=O)CN2CCOCC2)[C@H]1c1ccc(OC)c(OC)c1. The van der Waals surface area contributed by atoms with Gasteiger partial charge in [-0.3, -0.25) is 14.7 Å². The average Bonchev–Trinajstić information content (AvgIpc) is 3.00. The summed E-state index contributed by atoms with van der Waals surface area (Å²) in [6, 6.07) is 13.5. The second-order valence-corrected chi connectivity index (χ2v) is 7.93. The van der Waals surface area contributed by atoms with Crippen LogP contribution in [0.4, 0.5) is 11.4 Å². The van der Waals surface area contributed by atoms with Crippen LogP contribution in [0.15, 0.2) is 52.4 Å². The Labute approximate surface area is 194 Å². The quantitative estimate of drug-likeness (QED) is 0.729. The number of methoxy groups -OCH3 is 2. The molecule has 174 valence electrons. The van der Waals surface area contributed by atoms with Crippen LogP contribution in [-0.2, 0) is 9.53 Å². The van der Waals surface area contributed by atoms with E-state index in [1.807, 2.05) is 42.5 Å². The first-order valence-corrected chi connectivity index (χ1v) is 11.2. The van der Waals surface area contributed by atoms with Crippen LogP contribution in [0.3, 0.4) is 0 Å². The second-order valence-electron chi connectivity index (χ2n) is 7.93. The topological polar surface area (TPSA) is 84.8 Å². The van der Waals surface area contributed by atoms with Crippen molar-refractivity contribution in [2.45, 2.75) is 19.3 Å². The summed E-state index contributed by atoms with van der Waals surface area (Å²) in [5.41, 5.74) is 3.36. The first kappa shape index (κ1) is 22.9. The van der Waals surface area contributed by atoms with E-state index in [1.54, 1.807) is 14.2 Å². The highest BCUT2D eigenvalue weighted by Crippen LogP contribution is 2.37. The molecular formula is C25H30N4O4. The zero-order valence-corrected chi connectivity index (χ0v) is 19.3. The molecule has 0 spiro atoms. The molecule has 1 saturated heterocycles. The number of aliphatic imine (C=N–C) groups is 2. The molecule has 8 nitrogen and oxygen atoms in total. The molecule has 0 bridgehead atoms. The summed E-state index contributed by atoms with van der Waals surface area (Å²) < 4.78 is 16.3. The predicted molar refractivity (Wildman–Crippen MR) is 129 cm³/mol. The average molecular weight is 451 g/mol. The maximum Gasteiger partial charge on any atom is 0.239 e. The van der Waals surface area contributed by atoms with Gasteiger partial charge in [0.1, 0.15) is 5.84 Å². The van der Waals surface area contributed by atoms with E-state index < -0.39 is 0 Å². The van der Waals surface area contributed by atoms with Gasteiger partial charge in [0, 0.05) is 18.8 Å². The number of ether oxygens (including phenoxy) is 3. The Kier molecular flexibility index (Phi) is 7.36. The molecule has 4 rings (SSSR count). The van der Waals surface area contributed by atoms with E-state index in [-0.39, 0.29) is 11.8 Å². The number of carbonyl (C=O) groups excluding carboxylic acids is 1. The molecule has 2 aromatic rings. The lowest BCUT2D eigenvalue weighted by atomic mass is 9.90. The van der Waals surface area contributed by atoms with Crippen LogP contribution in [0.5, 0.6) is 11.5 Å². The summed E-state index contributed by atoms with van der Waals surface area (Å²) in [6.07, 6.45) is 0.700. The molecule has 0 radical (unpaired) electrons. The van der Waals surface area contributed by atoms with Gasteiger partial charge in [0.15, 0.2) is 11.5 Å². The number of amidine groups is 1. The molecule has 2 heterocycles. The van der Waals surface area contributed by atoms with Gasteiger partial charge in [0.2, 0.25) is 5.91 Å². The Morgan fingerprint density at radius 1 is 1.06 bits per heavy atom. The standard InChI is InChI=1S/C25H30N4O4/c1-4-18-24(17-9-10-21(31-2)22(15-17)32-3)25(27-20-8-6-5-7-19(20)26-18)28-23(30)16-29-11-13-33-14-12-29/h5-10,15,24H,4,11-14,16H2,1-3H3,(H,27,28,30)/t24-/m0/s1. The molecule has 2 aliphatic heterocycles. The first-order valence-electron chi connectivity index (χ1n) is 11.2. The summed E-state index contributed by atoms with van der Waals surface area (Å²) in [4.78, 5) is 24.9. The van der Waals surface area contributed by atoms with Crippen molar-refractivity contribution in [1.29, 1.82) is 0 Å². The minimum Gasteiger partial charge on any atom is -0.493 e. The number of hydrogen-bond donors (Lipinski definition) is 1. The number of para-hydroxylation sites is 2. The molecule has 33 heavy (non-hydrogen) atoms. The summed E-state index contributed by atoms with van der Waals surface area (Å²) >= 11 is 0. The van der Waals surface area contributed by atoms with Crippen molar-refractivity contribution in [3.05, 3.63) is 48.0 Å². The molecule has 0 saturated carbocycles. The van der Waals surface area contributed by atoms with E-state index in [2.05, 4.69) is 17.1 Å². The van der Waals surface area contributed by atoms with Crippen LogP contribution in [-0.4, -0.2) is 69.4 Å². The fraction of sp³-hybridized carbons (Fsp3) is 0.400. The highest BCUT2D eigenvalue weighted by Gasteiger charge is 2.29. The van der Waals surface area contributed by atoms with Gasteiger partial charge in [0.05, 0.1) is 51.3 Å². The maximum atomic E-state index is 13.0. The van der Waals surface area contributed by atoms with Crippen molar-refractivity contribution in [1.82, 2.24) is 10.2 Å². The fourth-order valence-corrected chi connectivity index (χ4v) is 4.14. The summed E-state index contributed by atoms with van der Waals surface area (Å²) in [5, 5.41) is 3.10. The zero-order chi connectivity index (χ0) is 23.2. The van der Waals surface area contributed by atoms with Crippen LogP contribution < -0.4 is 14.8 Å². The fourth-order valence-electron chi connectivity index (χ4n) is 4.14. The zero-order valence-electron chi connectivity index (χ0n) is 19.3. The van der Waals surface area contributed by atoms with Crippen LogP contribution in [0.25, 0.3) is 0 Å². The molecule has 1 fully saturated rings. The lowest BCUT2D eigenvalue weighted by Gasteiger charge is -2.27. The van der Waals surface area contributed by atoms with Crippen molar-refractivity contribution in [2.75, 3.05) is 47.1 Å². The Morgan fingerprint density at radius 3 is 2.42 bits per heavy atom. The summed E-state index contributed by atoms with van der Waals surface area (Å²) in [5.74, 6) is 1.40. The van der Waals surface area contributed by atoms with Crippen molar-refractivity contribution < 1.29 is 19.0 Å². The first-order chi connectivity index (χ1) is 16.1. The maximum absolute atomic E-state index is 13.0.